The van der Waals surface area contributed by atoms with Gasteiger partial charge in [0.2, 0.25) is 0 Å². The minimum atomic E-state index is -0.420. The number of esters is 1. The normalized spacial score (nSPS) is 11.1. The largest absolute Gasteiger partial charge is 0.507 e. The summed E-state index contributed by atoms with van der Waals surface area (Å²) in [7, 11) is 0. The molecule has 0 bridgehead atoms. The zero-order valence-corrected chi connectivity index (χ0v) is 16.5. The fraction of sp³-hybridized carbons (Fsp3) is 0.143. The van der Waals surface area contributed by atoms with E-state index in [0.717, 1.165) is 16.7 Å². The lowest BCUT2D eigenvalue weighted by Crippen LogP contribution is -2.05. The third-order valence-corrected chi connectivity index (χ3v) is 5.05. The highest BCUT2D eigenvalue weighted by Gasteiger charge is 2.21. The Morgan fingerprint density at radius 2 is 2.00 bits per heavy atom. The van der Waals surface area contributed by atoms with Gasteiger partial charge in [-0.1, -0.05) is 41.4 Å². The molecule has 1 N–H and O–H groups in total. The van der Waals surface area contributed by atoms with Crippen LogP contribution in [-0.4, -0.2) is 23.9 Å². The molecule has 0 spiro atoms. The number of ether oxygens (including phenoxy) is 1. The van der Waals surface area contributed by atoms with Crippen LogP contribution in [0, 0.1) is 6.92 Å². The first-order valence-electron chi connectivity index (χ1n) is 8.38. The first-order valence-corrected chi connectivity index (χ1v) is 9.63. The highest BCUT2D eigenvalue weighted by Crippen LogP contribution is 2.38. The molecule has 0 fully saturated rings. The summed E-state index contributed by atoms with van der Waals surface area (Å²) in [5, 5.41) is 12.8. The van der Waals surface area contributed by atoms with Crippen molar-refractivity contribution >= 4 is 40.1 Å². The molecular formula is C21H18ClNO3S. The second kappa shape index (κ2) is 8.37. The molecule has 0 amide bonds. The second-order valence-corrected chi connectivity index (χ2v) is 7.17. The van der Waals surface area contributed by atoms with E-state index in [1.807, 2.05) is 36.6 Å². The van der Waals surface area contributed by atoms with E-state index in [2.05, 4.69) is 4.99 Å². The standard InChI is InChI=1S/C21H18ClNO3S/c1-3-26-21(25)19-17(14-6-4-13(2)5-7-14)12-27-20(19)23-11-15-10-16(22)8-9-18(15)24/h4-12,24H,3H2,1-2H3. The van der Waals surface area contributed by atoms with Crippen LogP contribution < -0.4 is 0 Å². The first kappa shape index (κ1) is 19.1. The highest BCUT2D eigenvalue weighted by atomic mass is 35.5. The van der Waals surface area contributed by atoms with Crippen LogP contribution in [0.3, 0.4) is 0 Å². The third kappa shape index (κ3) is 4.38. The molecule has 0 saturated heterocycles. The summed E-state index contributed by atoms with van der Waals surface area (Å²) in [4.78, 5) is 17.0. The van der Waals surface area contributed by atoms with E-state index in [1.54, 1.807) is 19.1 Å². The molecule has 0 aliphatic carbocycles. The van der Waals surface area contributed by atoms with Gasteiger partial charge in [0.05, 0.1) is 6.61 Å². The maximum absolute atomic E-state index is 12.6. The molecule has 27 heavy (non-hydrogen) atoms. The Hall–Kier alpha value is -2.63. The molecule has 2 aromatic carbocycles. The first-order chi connectivity index (χ1) is 13.0. The number of benzene rings is 2. The summed E-state index contributed by atoms with van der Waals surface area (Å²) in [6, 6.07) is 12.6. The zero-order valence-electron chi connectivity index (χ0n) is 14.9. The van der Waals surface area contributed by atoms with Crippen molar-refractivity contribution < 1.29 is 14.6 Å². The van der Waals surface area contributed by atoms with Crippen molar-refractivity contribution in [3.63, 3.8) is 0 Å². The predicted octanol–water partition coefficient (Wildman–Crippen LogP) is 6.01. The zero-order chi connectivity index (χ0) is 19.4. The van der Waals surface area contributed by atoms with Gasteiger partial charge in [-0.05, 0) is 37.6 Å². The predicted molar refractivity (Wildman–Crippen MR) is 111 cm³/mol. The van der Waals surface area contributed by atoms with E-state index in [-0.39, 0.29) is 12.4 Å². The number of hydrogen-bond donors (Lipinski definition) is 1. The fourth-order valence-corrected chi connectivity index (χ4v) is 3.63. The summed E-state index contributed by atoms with van der Waals surface area (Å²) < 4.78 is 5.23. The fourth-order valence-electron chi connectivity index (χ4n) is 2.55. The molecule has 0 unspecified atom stereocenters. The van der Waals surface area contributed by atoms with E-state index < -0.39 is 5.97 Å². The molecule has 138 valence electrons. The van der Waals surface area contributed by atoms with Gasteiger partial charge in [0.25, 0.3) is 0 Å². The van der Waals surface area contributed by atoms with Crippen LogP contribution >= 0.6 is 22.9 Å². The molecular weight excluding hydrogens is 382 g/mol. The van der Waals surface area contributed by atoms with Crippen LogP contribution in [0.4, 0.5) is 5.00 Å². The summed E-state index contributed by atoms with van der Waals surface area (Å²) in [6.45, 7) is 4.06. The number of aromatic hydroxyl groups is 1. The van der Waals surface area contributed by atoms with Gasteiger partial charge in [-0.25, -0.2) is 9.79 Å². The van der Waals surface area contributed by atoms with Crippen LogP contribution in [0.25, 0.3) is 11.1 Å². The molecule has 6 heteroatoms. The Morgan fingerprint density at radius 3 is 2.70 bits per heavy atom. The quantitative estimate of drug-likeness (QED) is 0.422. The third-order valence-electron chi connectivity index (χ3n) is 3.92. The number of aryl methyl sites for hydroxylation is 1. The minimum Gasteiger partial charge on any atom is -0.507 e. The number of carbonyl (C=O) groups is 1. The molecule has 4 nitrogen and oxygen atoms in total. The van der Waals surface area contributed by atoms with Gasteiger partial charge in [0.15, 0.2) is 0 Å². The van der Waals surface area contributed by atoms with Crippen molar-refractivity contribution in [3.05, 3.63) is 69.6 Å². The SMILES string of the molecule is CCOC(=O)c1c(-c2ccc(C)cc2)csc1N=Cc1cc(Cl)ccc1O. The molecule has 0 atom stereocenters. The number of hydrogen-bond acceptors (Lipinski definition) is 5. The Labute approximate surface area is 166 Å². The van der Waals surface area contributed by atoms with Crippen LogP contribution in [0.2, 0.25) is 5.02 Å². The van der Waals surface area contributed by atoms with Crippen molar-refractivity contribution in [1.29, 1.82) is 0 Å². The lowest BCUT2D eigenvalue weighted by Gasteiger charge is -2.06. The molecule has 0 aliphatic rings. The van der Waals surface area contributed by atoms with E-state index >= 15 is 0 Å². The van der Waals surface area contributed by atoms with Crippen LogP contribution in [0.1, 0.15) is 28.4 Å². The van der Waals surface area contributed by atoms with Gasteiger partial charge in [0.1, 0.15) is 16.3 Å². The lowest BCUT2D eigenvalue weighted by atomic mass is 10.0. The monoisotopic (exact) mass is 399 g/mol. The minimum absolute atomic E-state index is 0.0659. The van der Waals surface area contributed by atoms with Crippen LogP contribution in [0.5, 0.6) is 5.75 Å². The second-order valence-electron chi connectivity index (χ2n) is 5.88. The number of halogens is 1. The summed E-state index contributed by atoms with van der Waals surface area (Å²) >= 11 is 7.32. The van der Waals surface area contributed by atoms with Gasteiger partial charge >= 0.3 is 5.97 Å². The number of phenolic OH excluding ortho intramolecular Hbond substituents is 1. The highest BCUT2D eigenvalue weighted by molar-refractivity contribution is 7.14. The molecule has 0 radical (unpaired) electrons. The van der Waals surface area contributed by atoms with E-state index in [4.69, 9.17) is 16.3 Å². The maximum Gasteiger partial charge on any atom is 0.341 e. The van der Waals surface area contributed by atoms with Gasteiger partial charge < -0.3 is 9.84 Å². The van der Waals surface area contributed by atoms with Crippen molar-refractivity contribution in [1.82, 2.24) is 0 Å². The number of aliphatic imine (C=N–C) groups is 1. The number of phenols is 1. The van der Waals surface area contributed by atoms with E-state index in [0.29, 0.717) is 21.2 Å². The number of rotatable bonds is 5. The van der Waals surface area contributed by atoms with Crippen LogP contribution in [0.15, 0.2) is 52.8 Å². The molecule has 0 aliphatic heterocycles. The molecule has 1 aromatic heterocycles. The Bertz CT molecular complexity index is 993. The van der Waals surface area contributed by atoms with Crippen molar-refractivity contribution in [2.75, 3.05) is 6.61 Å². The Kier molecular flexibility index (Phi) is 5.94. The molecule has 3 aromatic rings. The van der Waals surface area contributed by atoms with Gasteiger partial charge in [-0.2, -0.15) is 0 Å². The smallest absolute Gasteiger partial charge is 0.341 e. The lowest BCUT2D eigenvalue weighted by molar-refractivity contribution is 0.0529. The molecule has 0 saturated carbocycles. The Balaban J connectivity index is 2.04. The average Bonchev–Trinajstić information content (AvgIpc) is 3.07. The van der Waals surface area contributed by atoms with E-state index in [9.17, 15) is 9.90 Å². The van der Waals surface area contributed by atoms with Crippen molar-refractivity contribution in [3.8, 4) is 16.9 Å². The van der Waals surface area contributed by atoms with Crippen molar-refractivity contribution in [2.45, 2.75) is 13.8 Å². The van der Waals surface area contributed by atoms with Gasteiger partial charge in [0, 0.05) is 27.7 Å². The average molecular weight is 400 g/mol. The van der Waals surface area contributed by atoms with Crippen LogP contribution in [-0.2, 0) is 4.74 Å². The van der Waals surface area contributed by atoms with E-state index in [1.165, 1.54) is 23.6 Å². The van der Waals surface area contributed by atoms with Gasteiger partial charge in [-0.3, -0.25) is 0 Å². The summed E-state index contributed by atoms with van der Waals surface area (Å²) in [5.41, 5.74) is 3.74. The number of thiophene rings is 1. The van der Waals surface area contributed by atoms with Crippen molar-refractivity contribution in [2.24, 2.45) is 4.99 Å². The molecule has 3 rings (SSSR count). The summed E-state index contributed by atoms with van der Waals surface area (Å²) in [5.74, 6) is -0.354. The maximum atomic E-state index is 12.6. The Morgan fingerprint density at radius 1 is 1.26 bits per heavy atom. The topological polar surface area (TPSA) is 58.9 Å². The molecule has 1 heterocycles. The van der Waals surface area contributed by atoms with Gasteiger partial charge in [-0.15, -0.1) is 11.3 Å². The number of carbonyl (C=O) groups excluding carboxylic acids is 1. The number of nitrogens with zero attached hydrogens (tertiary/aromatic N) is 1. The summed E-state index contributed by atoms with van der Waals surface area (Å²) in [6.07, 6.45) is 1.49.